The average molecular weight is 424 g/mol. The first-order chi connectivity index (χ1) is 13.6. The van der Waals surface area contributed by atoms with Crippen molar-refractivity contribution < 1.29 is 22.3 Å². The summed E-state index contributed by atoms with van der Waals surface area (Å²) >= 11 is 0. The molecule has 2 rings (SSSR count). The number of nitrogens with zero attached hydrogens (tertiary/aromatic N) is 2. The zero-order valence-corrected chi connectivity index (χ0v) is 17.5. The number of likely N-dealkylation sites (N-methyl/N-ethyl adjacent to an activating group) is 1. The third-order valence-electron chi connectivity index (χ3n) is 3.93. The van der Waals surface area contributed by atoms with Crippen LogP contribution in [0.4, 0.5) is 20.6 Å². The van der Waals surface area contributed by atoms with Crippen molar-refractivity contribution in [3.63, 3.8) is 0 Å². The topological polar surface area (TPSA) is 101 Å². The number of aromatic nitrogens is 1. The molecule has 1 aromatic carbocycles. The Balaban J connectivity index is 2.02. The Morgan fingerprint density at radius 3 is 2.52 bits per heavy atom. The fourth-order valence-electron chi connectivity index (χ4n) is 2.53. The number of rotatable bonds is 8. The Bertz CT molecular complexity index is 938. The van der Waals surface area contributed by atoms with Crippen LogP contribution < -0.4 is 15.4 Å². The monoisotopic (exact) mass is 424 g/mol. The lowest BCUT2D eigenvalue weighted by molar-refractivity contribution is 0.194. The van der Waals surface area contributed by atoms with Crippen LogP contribution in [0.25, 0.3) is 0 Å². The summed E-state index contributed by atoms with van der Waals surface area (Å²) in [4.78, 5) is 15.9. The minimum Gasteiger partial charge on any atom is -0.489 e. The molecule has 0 fully saturated rings. The highest BCUT2D eigenvalue weighted by Gasteiger charge is 2.24. The molecule has 0 aliphatic carbocycles. The summed E-state index contributed by atoms with van der Waals surface area (Å²) in [6.07, 6.45) is 2.51. The minimum absolute atomic E-state index is 0.0985. The molecule has 0 aliphatic heterocycles. The van der Waals surface area contributed by atoms with Crippen molar-refractivity contribution in [2.45, 2.75) is 32.1 Å². The summed E-state index contributed by atoms with van der Waals surface area (Å²) < 4.78 is 45.1. The molecular formula is C19H25FN4O4S. The number of hydrogen-bond acceptors (Lipinski definition) is 5. The molecule has 0 spiro atoms. The number of anilines is 2. The highest BCUT2D eigenvalue weighted by atomic mass is 32.2. The van der Waals surface area contributed by atoms with Crippen LogP contribution in [0.2, 0.25) is 0 Å². The normalized spacial score (nSPS) is 12.7. The molecule has 1 aromatic heterocycles. The lowest BCUT2D eigenvalue weighted by atomic mass is 10.3. The molecule has 1 atom stereocenters. The third-order valence-corrected chi connectivity index (χ3v) is 6.14. The number of nitrogens with one attached hydrogen (secondary N) is 2. The number of sulfonamides is 1. The summed E-state index contributed by atoms with van der Waals surface area (Å²) in [5, 5.41) is 4.54. The van der Waals surface area contributed by atoms with E-state index in [2.05, 4.69) is 15.6 Å². The van der Waals surface area contributed by atoms with Crippen molar-refractivity contribution in [3.8, 4) is 5.75 Å². The SMILES string of the molecule is CC(C)S(=O)(=O)N(C)C[C@H](C)Oc1cc(F)cc(NC(=O)Nc2cccnc2)c1. The first-order valence-electron chi connectivity index (χ1n) is 8.98. The highest BCUT2D eigenvalue weighted by molar-refractivity contribution is 7.89. The molecule has 2 N–H and O–H groups in total. The molecule has 0 unspecified atom stereocenters. The lowest BCUT2D eigenvalue weighted by Gasteiger charge is -2.24. The average Bonchev–Trinajstić information content (AvgIpc) is 2.61. The van der Waals surface area contributed by atoms with Crippen LogP contribution >= 0.6 is 0 Å². The Morgan fingerprint density at radius 2 is 1.90 bits per heavy atom. The van der Waals surface area contributed by atoms with E-state index < -0.39 is 33.2 Å². The second kappa shape index (κ2) is 9.66. The molecule has 29 heavy (non-hydrogen) atoms. The van der Waals surface area contributed by atoms with Gasteiger partial charge in [0.05, 0.1) is 23.7 Å². The number of urea groups is 1. The smallest absolute Gasteiger partial charge is 0.323 e. The number of amides is 2. The summed E-state index contributed by atoms with van der Waals surface area (Å²) in [5.74, 6) is -0.431. The molecule has 158 valence electrons. The maximum atomic E-state index is 13.9. The highest BCUT2D eigenvalue weighted by Crippen LogP contribution is 2.22. The molecule has 0 saturated carbocycles. The second-order valence-electron chi connectivity index (χ2n) is 6.80. The van der Waals surface area contributed by atoms with Crippen LogP contribution in [0.15, 0.2) is 42.7 Å². The fraction of sp³-hybridized carbons (Fsp3) is 0.368. The van der Waals surface area contributed by atoms with Gasteiger partial charge >= 0.3 is 6.03 Å². The van der Waals surface area contributed by atoms with Crippen molar-refractivity contribution in [1.82, 2.24) is 9.29 Å². The van der Waals surface area contributed by atoms with Gasteiger partial charge in [-0.15, -0.1) is 0 Å². The van der Waals surface area contributed by atoms with Crippen molar-refractivity contribution in [2.24, 2.45) is 0 Å². The van der Waals surface area contributed by atoms with Gasteiger partial charge in [0.25, 0.3) is 0 Å². The number of benzene rings is 1. The predicted molar refractivity (Wildman–Crippen MR) is 110 cm³/mol. The van der Waals surface area contributed by atoms with Gasteiger partial charge in [-0.1, -0.05) is 0 Å². The first kappa shape index (κ1) is 22.6. The summed E-state index contributed by atoms with van der Waals surface area (Å²) in [6.45, 7) is 4.97. The molecule has 0 bridgehead atoms. The van der Waals surface area contributed by atoms with Gasteiger partial charge in [-0.3, -0.25) is 4.98 Å². The third kappa shape index (κ3) is 6.68. The number of pyridine rings is 1. The van der Waals surface area contributed by atoms with E-state index in [1.54, 1.807) is 39.1 Å². The maximum Gasteiger partial charge on any atom is 0.323 e. The molecule has 1 heterocycles. The van der Waals surface area contributed by atoms with E-state index in [-0.39, 0.29) is 18.0 Å². The number of hydrogen-bond donors (Lipinski definition) is 2. The number of ether oxygens (including phenoxy) is 1. The number of carbonyl (C=O) groups excluding carboxylic acids is 1. The molecular weight excluding hydrogens is 399 g/mol. The standard InChI is InChI=1S/C19H25FN4O4S/c1-13(2)29(26,27)24(4)12-14(3)28-18-9-15(20)8-17(10-18)23-19(25)22-16-6-5-7-21-11-16/h5-11,13-14H,12H2,1-4H3,(H2,22,23,25)/t14-/m0/s1. The van der Waals surface area contributed by atoms with Crippen molar-refractivity contribution in [1.29, 1.82) is 0 Å². The van der Waals surface area contributed by atoms with Gasteiger partial charge < -0.3 is 15.4 Å². The van der Waals surface area contributed by atoms with Crippen LogP contribution in [-0.4, -0.2) is 48.7 Å². The first-order valence-corrected chi connectivity index (χ1v) is 10.5. The van der Waals surface area contributed by atoms with E-state index in [0.717, 1.165) is 12.1 Å². The quantitative estimate of drug-likeness (QED) is 0.677. The molecule has 2 amide bonds. The van der Waals surface area contributed by atoms with Crippen LogP contribution in [0.3, 0.4) is 0 Å². The van der Waals surface area contributed by atoms with E-state index in [1.165, 1.54) is 23.6 Å². The van der Waals surface area contributed by atoms with Crippen molar-refractivity contribution in [3.05, 3.63) is 48.5 Å². The summed E-state index contributed by atoms with van der Waals surface area (Å²) in [7, 11) is -1.95. The Hall–Kier alpha value is -2.72. The largest absolute Gasteiger partial charge is 0.489 e. The Morgan fingerprint density at radius 1 is 1.21 bits per heavy atom. The Kier molecular flexibility index (Phi) is 7.52. The predicted octanol–water partition coefficient (Wildman–Crippen LogP) is 3.30. The van der Waals surface area contributed by atoms with Gasteiger partial charge in [0.1, 0.15) is 17.7 Å². The van der Waals surface area contributed by atoms with Gasteiger partial charge in [-0.05, 0) is 39.0 Å². The molecule has 2 aromatic rings. The molecule has 10 heteroatoms. The second-order valence-corrected chi connectivity index (χ2v) is 9.40. The van der Waals surface area contributed by atoms with Crippen molar-refractivity contribution >= 4 is 27.4 Å². The maximum absolute atomic E-state index is 13.9. The zero-order valence-electron chi connectivity index (χ0n) is 16.7. The minimum atomic E-state index is -3.42. The number of halogens is 1. The molecule has 8 nitrogen and oxygen atoms in total. The molecule has 0 radical (unpaired) electrons. The van der Waals surface area contributed by atoms with Gasteiger partial charge in [0, 0.05) is 31.1 Å². The van der Waals surface area contributed by atoms with Gasteiger partial charge in [-0.2, -0.15) is 0 Å². The van der Waals surface area contributed by atoms with E-state index in [4.69, 9.17) is 4.74 Å². The van der Waals surface area contributed by atoms with E-state index in [9.17, 15) is 17.6 Å². The summed E-state index contributed by atoms with van der Waals surface area (Å²) in [5.41, 5.74) is 0.678. The zero-order chi connectivity index (χ0) is 21.6. The van der Waals surface area contributed by atoms with E-state index in [0.29, 0.717) is 5.69 Å². The van der Waals surface area contributed by atoms with Crippen LogP contribution in [0.1, 0.15) is 20.8 Å². The van der Waals surface area contributed by atoms with Crippen LogP contribution in [0.5, 0.6) is 5.75 Å². The van der Waals surface area contributed by atoms with E-state index >= 15 is 0 Å². The molecule has 0 saturated heterocycles. The van der Waals surface area contributed by atoms with Gasteiger partial charge in [-0.25, -0.2) is 21.9 Å². The van der Waals surface area contributed by atoms with Crippen LogP contribution in [0, 0.1) is 5.82 Å². The van der Waals surface area contributed by atoms with Gasteiger partial charge in [0.2, 0.25) is 10.0 Å². The van der Waals surface area contributed by atoms with E-state index in [1.807, 2.05) is 0 Å². The fourth-order valence-corrected chi connectivity index (χ4v) is 3.67. The number of carbonyl (C=O) groups is 1. The summed E-state index contributed by atoms with van der Waals surface area (Å²) in [6, 6.07) is 6.54. The molecule has 0 aliphatic rings. The van der Waals surface area contributed by atoms with Gasteiger partial charge in [0.15, 0.2) is 0 Å². The van der Waals surface area contributed by atoms with Crippen LogP contribution in [-0.2, 0) is 10.0 Å². The Labute approximate surface area is 170 Å². The lowest BCUT2D eigenvalue weighted by Crippen LogP contribution is -2.39. The van der Waals surface area contributed by atoms with Crippen molar-refractivity contribution in [2.75, 3.05) is 24.2 Å².